The normalized spacial score (nSPS) is 16.5. The number of aliphatic hydroxyl groups is 1. The average molecular weight is 543 g/mol. The van der Waals surface area contributed by atoms with Crippen LogP contribution in [0.5, 0.6) is 17.2 Å². The Morgan fingerprint density at radius 2 is 1.90 bits per heavy atom. The van der Waals surface area contributed by atoms with Crippen LogP contribution in [-0.2, 0) is 9.59 Å². The number of nitrogens with zero attached hydrogens (tertiary/aromatic N) is 2. The molecule has 1 N–H and O–H groups in total. The van der Waals surface area contributed by atoms with Crippen molar-refractivity contribution in [2.75, 3.05) is 25.7 Å². The van der Waals surface area contributed by atoms with Crippen LogP contribution in [-0.4, -0.2) is 42.6 Å². The van der Waals surface area contributed by atoms with E-state index in [0.717, 1.165) is 10.3 Å². The van der Waals surface area contributed by atoms with E-state index in [4.69, 9.17) is 14.2 Å². The maximum absolute atomic E-state index is 13.6. The first-order valence-corrected chi connectivity index (χ1v) is 12.9. The van der Waals surface area contributed by atoms with Gasteiger partial charge in [0.25, 0.3) is 5.78 Å². The highest BCUT2D eigenvalue weighted by atomic mass is 32.1. The summed E-state index contributed by atoms with van der Waals surface area (Å²) < 4.78 is 17.2. The van der Waals surface area contributed by atoms with Gasteiger partial charge in [-0.05, 0) is 66.6 Å². The Morgan fingerprint density at radius 1 is 1.08 bits per heavy atom. The molecule has 1 aliphatic heterocycles. The molecular weight excluding hydrogens is 516 g/mol. The van der Waals surface area contributed by atoms with Crippen LogP contribution in [0.1, 0.15) is 22.7 Å². The Labute approximate surface area is 229 Å². The zero-order valence-electron chi connectivity index (χ0n) is 21.6. The molecule has 0 spiro atoms. The number of hydrogen-bond donors (Lipinski definition) is 1. The summed E-state index contributed by atoms with van der Waals surface area (Å²) >= 11 is 1.26. The topological polar surface area (TPSA) is 98.2 Å². The minimum atomic E-state index is -0.942. The number of aryl methyl sites for hydroxylation is 1. The fraction of sp³-hybridized carbons (Fsp3) is 0.167. The molecule has 1 aliphatic rings. The number of aliphatic hydroxyl groups excluding tert-OH is 1. The smallest absolute Gasteiger partial charge is 0.301 e. The summed E-state index contributed by atoms with van der Waals surface area (Å²) in [5.74, 6) is -0.0478. The van der Waals surface area contributed by atoms with Crippen molar-refractivity contribution < 1.29 is 28.9 Å². The summed E-state index contributed by atoms with van der Waals surface area (Å²) in [5.41, 5.74) is 2.36. The lowest BCUT2D eigenvalue weighted by Gasteiger charge is -2.23. The minimum Gasteiger partial charge on any atom is -0.507 e. The van der Waals surface area contributed by atoms with E-state index in [2.05, 4.69) is 11.6 Å². The maximum atomic E-state index is 13.6. The number of rotatable bonds is 8. The molecule has 5 rings (SSSR count). The van der Waals surface area contributed by atoms with Gasteiger partial charge in [-0.3, -0.25) is 14.5 Å². The monoisotopic (exact) mass is 542 g/mol. The first-order chi connectivity index (χ1) is 18.9. The molecule has 0 bridgehead atoms. The van der Waals surface area contributed by atoms with Crippen LogP contribution in [0.4, 0.5) is 5.13 Å². The summed E-state index contributed by atoms with van der Waals surface area (Å²) in [5, 5.41) is 11.8. The number of carbonyl (C=O) groups excluding carboxylic acids is 2. The van der Waals surface area contributed by atoms with Gasteiger partial charge >= 0.3 is 5.91 Å². The van der Waals surface area contributed by atoms with E-state index in [1.807, 2.05) is 13.0 Å². The number of thiazole rings is 1. The molecule has 1 saturated heterocycles. The molecule has 1 aromatic heterocycles. The van der Waals surface area contributed by atoms with E-state index in [1.165, 1.54) is 16.2 Å². The Morgan fingerprint density at radius 3 is 2.62 bits per heavy atom. The van der Waals surface area contributed by atoms with Gasteiger partial charge in [-0.25, -0.2) is 4.98 Å². The second-order valence-electron chi connectivity index (χ2n) is 8.86. The molecule has 4 aromatic rings. The predicted octanol–water partition coefficient (Wildman–Crippen LogP) is 5.81. The molecule has 2 heterocycles. The van der Waals surface area contributed by atoms with Crippen molar-refractivity contribution in [1.29, 1.82) is 0 Å². The highest BCUT2D eigenvalue weighted by Crippen LogP contribution is 2.45. The molecular formula is C30H26N2O6S. The Hall–Kier alpha value is -4.63. The summed E-state index contributed by atoms with van der Waals surface area (Å²) in [6.45, 7) is 5.80. The largest absolute Gasteiger partial charge is 0.507 e. The van der Waals surface area contributed by atoms with Gasteiger partial charge in [0.15, 0.2) is 5.13 Å². The molecule has 0 radical (unpaired) electrons. The fourth-order valence-electron chi connectivity index (χ4n) is 4.58. The lowest BCUT2D eigenvalue weighted by molar-refractivity contribution is -0.132. The third-order valence-corrected chi connectivity index (χ3v) is 7.46. The standard InChI is InChI=1S/C30H26N2O6S/c1-5-13-38-21-8-6-7-18(15-21)26-25(27(33)19-9-12-23(37-4)17(2)14-19)28(34)29(35)32(26)30-31-22-11-10-20(36-3)16-24(22)39-30/h5-12,14-16,26,33H,1,13H2,2-4H3/b27-25+/t26-/m1/s1. The van der Waals surface area contributed by atoms with Crippen LogP contribution in [0.3, 0.4) is 0 Å². The number of amides is 1. The molecule has 8 nitrogen and oxygen atoms in total. The number of ether oxygens (including phenoxy) is 3. The Balaban J connectivity index is 1.70. The van der Waals surface area contributed by atoms with Crippen LogP contribution < -0.4 is 19.1 Å². The van der Waals surface area contributed by atoms with E-state index in [1.54, 1.807) is 74.9 Å². The highest BCUT2D eigenvalue weighted by molar-refractivity contribution is 7.22. The zero-order chi connectivity index (χ0) is 27.7. The number of carbonyl (C=O) groups is 2. The van der Waals surface area contributed by atoms with Crippen molar-refractivity contribution in [3.05, 3.63) is 95.6 Å². The Bertz CT molecular complexity index is 1640. The lowest BCUT2D eigenvalue weighted by atomic mass is 9.94. The number of fused-ring (bicyclic) bond motifs is 1. The van der Waals surface area contributed by atoms with Crippen molar-refractivity contribution >= 4 is 44.1 Å². The summed E-state index contributed by atoms with van der Waals surface area (Å²) in [7, 11) is 3.13. The second kappa shape index (κ2) is 10.6. The molecule has 3 aromatic carbocycles. The minimum absolute atomic E-state index is 0.0396. The number of methoxy groups -OCH3 is 2. The predicted molar refractivity (Wildman–Crippen MR) is 151 cm³/mol. The molecule has 0 unspecified atom stereocenters. The lowest BCUT2D eigenvalue weighted by Crippen LogP contribution is -2.29. The number of aromatic nitrogens is 1. The van der Waals surface area contributed by atoms with Crippen LogP contribution >= 0.6 is 11.3 Å². The third kappa shape index (κ3) is 4.72. The number of ketones is 1. The van der Waals surface area contributed by atoms with E-state index in [9.17, 15) is 14.7 Å². The van der Waals surface area contributed by atoms with Gasteiger partial charge in [-0.1, -0.05) is 36.1 Å². The molecule has 0 aliphatic carbocycles. The summed E-state index contributed by atoms with van der Waals surface area (Å²) in [6, 6.07) is 16.6. The molecule has 1 fully saturated rings. The van der Waals surface area contributed by atoms with Gasteiger partial charge in [-0.2, -0.15) is 0 Å². The average Bonchev–Trinajstić information content (AvgIpc) is 3.48. The third-order valence-electron chi connectivity index (χ3n) is 6.44. The number of hydrogen-bond acceptors (Lipinski definition) is 8. The van der Waals surface area contributed by atoms with Crippen LogP contribution in [0.2, 0.25) is 0 Å². The zero-order valence-corrected chi connectivity index (χ0v) is 22.5. The summed E-state index contributed by atoms with van der Waals surface area (Å²) in [4.78, 5) is 33.1. The van der Waals surface area contributed by atoms with E-state index in [0.29, 0.717) is 39.0 Å². The van der Waals surface area contributed by atoms with Crippen LogP contribution in [0, 0.1) is 6.92 Å². The first-order valence-electron chi connectivity index (χ1n) is 12.1. The van der Waals surface area contributed by atoms with Gasteiger partial charge in [0.05, 0.1) is 36.1 Å². The molecule has 39 heavy (non-hydrogen) atoms. The molecule has 9 heteroatoms. The van der Waals surface area contributed by atoms with E-state index in [-0.39, 0.29) is 17.9 Å². The van der Waals surface area contributed by atoms with Crippen LogP contribution in [0.25, 0.3) is 16.0 Å². The molecule has 198 valence electrons. The van der Waals surface area contributed by atoms with Crippen molar-refractivity contribution in [3.8, 4) is 17.2 Å². The van der Waals surface area contributed by atoms with Crippen molar-refractivity contribution in [2.45, 2.75) is 13.0 Å². The van der Waals surface area contributed by atoms with E-state index >= 15 is 0 Å². The maximum Gasteiger partial charge on any atom is 0.301 e. The van der Waals surface area contributed by atoms with Crippen molar-refractivity contribution in [3.63, 3.8) is 0 Å². The fourth-order valence-corrected chi connectivity index (χ4v) is 5.60. The van der Waals surface area contributed by atoms with Gasteiger partial charge in [0, 0.05) is 5.56 Å². The number of anilines is 1. The molecule has 1 amide bonds. The molecule has 1 atom stereocenters. The van der Waals surface area contributed by atoms with E-state index < -0.39 is 17.7 Å². The van der Waals surface area contributed by atoms with Crippen LogP contribution in [0.15, 0.2) is 78.9 Å². The quantitative estimate of drug-likeness (QED) is 0.130. The Kier molecular flexibility index (Phi) is 7.08. The second-order valence-corrected chi connectivity index (χ2v) is 9.86. The number of benzene rings is 3. The highest BCUT2D eigenvalue weighted by Gasteiger charge is 2.48. The van der Waals surface area contributed by atoms with Crippen molar-refractivity contribution in [1.82, 2.24) is 4.98 Å². The molecule has 0 saturated carbocycles. The van der Waals surface area contributed by atoms with Gasteiger partial charge < -0.3 is 19.3 Å². The van der Waals surface area contributed by atoms with Crippen molar-refractivity contribution in [2.24, 2.45) is 0 Å². The SMILES string of the molecule is C=CCOc1cccc([C@@H]2/C(=C(\O)c3ccc(OC)c(C)c3)C(=O)C(=O)N2c2nc3ccc(OC)cc3s2)c1. The van der Waals surface area contributed by atoms with Gasteiger partial charge in [-0.15, -0.1) is 0 Å². The first kappa shape index (κ1) is 26.0. The van der Waals surface area contributed by atoms with Gasteiger partial charge in [0.1, 0.15) is 29.6 Å². The summed E-state index contributed by atoms with van der Waals surface area (Å²) in [6.07, 6.45) is 1.63. The van der Waals surface area contributed by atoms with Gasteiger partial charge in [0.2, 0.25) is 0 Å². The number of Topliss-reactive ketones (excluding diaryl/α,β-unsaturated/α-hetero) is 1.